The fraction of sp³-hybridized carbons (Fsp3) is 0.519. The van der Waals surface area contributed by atoms with Crippen molar-refractivity contribution in [3.63, 3.8) is 0 Å². The summed E-state index contributed by atoms with van der Waals surface area (Å²) in [4.78, 5) is 14.3. The zero-order chi connectivity index (χ0) is 30.4. The summed E-state index contributed by atoms with van der Waals surface area (Å²) in [5.74, 6) is -1.44. The van der Waals surface area contributed by atoms with Crippen LogP contribution in [0.4, 0.5) is 30.7 Å². The van der Waals surface area contributed by atoms with Crippen molar-refractivity contribution in [1.82, 2.24) is 4.90 Å². The molecule has 0 radical (unpaired) electrons. The van der Waals surface area contributed by atoms with Gasteiger partial charge in [0.2, 0.25) is 5.91 Å². The highest BCUT2D eigenvalue weighted by Crippen LogP contribution is 2.51. The van der Waals surface area contributed by atoms with Crippen LogP contribution >= 0.6 is 0 Å². The number of hydrogen-bond donors (Lipinski definition) is 2. The van der Waals surface area contributed by atoms with Gasteiger partial charge in [-0.05, 0) is 67.9 Å². The number of aliphatic hydroxyl groups is 2. The van der Waals surface area contributed by atoms with Crippen LogP contribution in [0.3, 0.4) is 0 Å². The van der Waals surface area contributed by atoms with E-state index in [1.807, 2.05) is 0 Å². The lowest BCUT2D eigenvalue weighted by molar-refractivity contribution is -0.376. The van der Waals surface area contributed by atoms with Gasteiger partial charge in [-0.15, -0.1) is 0 Å². The first-order valence-corrected chi connectivity index (χ1v) is 14.3. The first-order chi connectivity index (χ1) is 19.0. The molecule has 2 aromatic rings. The third-order valence-electron chi connectivity index (χ3n) is 8.29. The van der Waals surface area contributed by atoms with Crippen LogP contribution in [0.5, 0.6) is 0 Å². The number of carbonyl (C=O) groups excluding carboxylic acids is 1. The van der Waals surface area contributed by atoms with Crippen molar-refractivity contribution in [3.05, 3.63) is 65.5 Å². The van der Waals surface area contributed by atoms with Gasteiger partial charge in [0.05, 0.1) is 4.90 Å². The number of sulfone groups is 1. The van der Waals surface area contributed by atoms with Crippen LogP contribution in [-0.4, -0.2) is 61.5 Å². The second-order valence-electron chi connectivity index (χ2n) is 10.6. The van der Waals surface area contributed by atoms with Crippen molar-refractivity contribution >= 4 is 15.7 Å². The molecular weight excluding hydrogens is 583 g/mol. The average molecular weight is 612 g/mol. The summed E-state index contributed by atoms with van der Waals surface area (Å²) in [6, 6.07) is 6.08. The van der Waals surface area contributed by atoms with Crippen molar-refractivity contribution in [1.29, 1.82) is 0 Å². The van der Waals surface area contributed by atoms with Gasteiger partial charge >= 0.3 is 12.4 Å². The van der Waals surface area contributed by atoms with E-state index in [0.29, 0.717) is 37.8 Å². The van der Waals surface area contributed by atoms with Crippen molar-refractivity contribution in [3.8, 4) is 0 Å². The van der Waals surface area contributed by atoms with Gasteiger partial charge in [0.25, 0.3) is 5.60 Å². The van der Waals surface area contributed by atoms with E-state index in [0.717, 1.165) is 36.4 Å². The minimum atomic E-state index is -6.13. The van der Waals surface area contributed by atoms with Gasteiger partial charge in [0.1, 0.15) is 10.6 Å². The van der Waals surface area contributed by atoms with Gasteiger partial charge < -0.3 is 15.1 Å². The summed E-state index contributed by atoms with van der Waals surface area (Å²) in [6.45, 7) is -0.513. The maximum atomic E-state index is 14.0. The summed E-state index contributed by atoms with van der Waals surface area (Å²) in [5.41, 5.74) is -6.94. The molecule has 0 aromatic heterocycles. The maximum Gasteiger partial charge on any atom is 0.430 e. The van der Waals surface area contributed by atoms with Crippen molar-refractivity contribution < 1.29 is 54.2 Å². The summed E-state index contributed by atoms with van der Waals surface area (Å²) < 4.78 is 120. The number of nitrogens with zero attached hydrogens (tertiary/aromatic N) is 1. The molecule has 1 saturated heterocycles. The number of benzene rings is 2. The minimum absolute atomic E-state index is 0.0164. The topological polar surface area (TPSA) is 94.9 Å². The largest absolute Gasteiger partial charge is 0.430 e. The number of hydrogen-bond acceptors (Lipinski definition) is 5. The van der Waals surface area contributed by atoms with E-state index in [-0.39, 0.29) is 41.9 Å². The van der Waals surface area contributed by atoms with Crippen molar-refractivity contribution in [2.75, 3.05) is 19.7 Å². The summed E-state index contributed by atoms with van der Waals surface area (Å²) >= 11 is 0. The molecule has 1 heterocycles. The standard InChI is InChI=1S/C27H28F7NO5S/c28-21-9-11-22(12-10-21)41(39,40)24(13-14-35(16-24)23(37)18-3-1-17(15-36)2-4-18)19-5-7-20(8-6-19)25(38,26(29,30)31)27(32,33)34/h5-12,17-18,36,38H,1-4,13-16H2. The zero-order valence-corrected chi connectivity index (χ0v) is 22.4. The number of alkyl halides is 6. The van der Waals surface area contributed by atoms with E-state index in [4.69, 9.17) is 0 Å². The molecule has 2 aliphatic rings. The Hall–Kier alpha value is -2.71. The molecule has 2 aromatic carbocycles. The van der Waals surface area contributed by atoms with Crippen LogP contribution in [-0.2, 0) is 25.0 Å². The molecule has 1 aliphatic carbocycles. The van der Waals surface area contributed by atoms with Gasteiger partial charge in [-0.2, -0.15) is 26.3 Å². The van der Waals surface area contributed by atoms with E-state index in [9.17, 15) is 54.2 Å². The molecule has 41 heavy (non-hydrogen) atoms. The Balaban J connectivity index is 1.76. The lowest BCUT2D eigenvalue weighted by Crippen LogP contribution is -2.54. The van der Waals surface area contributed by atoms with Crippen molar-refractivity contribution in [2.24, 2.45) is 11.8 Å². The van der Waals surface area contributed by atoms with E-state index < -0.39 is 56.4 Å². The molecule has 0 bridgehead atoms. The Morgan fingerprint density at radius 1 is 0.902 bits per heavy atom. The third kappa shape index (κ3) is 5.34. The van der Waals surface area contributed by atoms with Crippen LogP contribution in [0.1, 0.15) is 43.2 Å². The van der Waals surface area contributed by atoms with Crippen LogP contribution in [0, 0.1) is 17.7 Å². The molecule has 1 atom stereocenters. The monoisotopic (exact) mass is 611 g/mol. The summed E-state index contributed by atoms with van der Waals surface area (Å²) in [6.07, 6.45) is -10.3. The SMILES string of the molecule is O=C(C1CCC(CO)CC1)N1CCC(c2ccc(C(O)(C(F)(F)F)C(F)(F)F)cc2)(S(=O)(=O)c2ccc(F)cc2)C1. The van der Waals surface area contributed by atoms with Gasteiger partial charge in [-0.25, -0.2) is 12.8 Å². The maximum absolute atomic E-state index is 14.0. The lowest BCUT2D eigenvalue weighted by Gasteiger charge is -2.34. The van der Waals surface area contributed by atoms with Gasteiger partial charge in [-0.3, -0.25) is 4.79 Å². The Morgan fingerprint density at radius 3 is 1.93 bits per heavy atom. The number of rotatable bonds is 6. The Labute approximate surface area is 231 Å². The quantitative estimate of drug-likeness (QED) is 0.360. The van der Waals surface area contributed by atoms with E-state index >= 15 is 0 Å². The second kappa shape index (κ2) is 10.8. The highest BCUT2D eigenvalue weighted by molar-refractivity contribution is 7.92. The fourth-order valence-corrected chi connectivity index (χ4v) is 7.85. The second-order valence-corrected chi connectivity index (χ2v) is 12.9. The molecule has 226 valence electrons. The number of likely N-dealkylation sites (tertiary alicyclic amines) is 1. The van der Waals surface area contributed by atoms with E-state index in [2.05, 4.69) is 0 Å². The summed E-state index contributed by atoms with van der Waals surface area (Å²) in [7, 11) is -4.49. The molecular formula is C27H28F7NO5S. The van der Waals surface area contributed by atoms with E-state index in [1.165, 1.54) is 4.90 Å². The molecule has 1 aliphatic heterocycles. The lowest BCUT2D eigenvalue weighted by atomic mass is 9.82. The molecule has 6 nitrogen and oxygen atoms in total. The Bertz CT molecular complexity index is 1340. The molecule has 2 fully saturated rings. The third-order valence-corrected chi connectivity index (χ3v) is 10.8. The first kappa shape index (κ1) is 31.2. The number of carbonyl (C=O) groups is 1. The van der Waals surface area contributed by atoms with Gasteiger partial charge in [-0.1, -0.05) is 24.3 Å². The smallest absolute Gasteiger partial charge is 0.396 e. The molecule has 1 saturated carbocycles. The van der Waals surface area contributed by atoms with Crippen LogP contribution < -0.4 is 0 Å². The highest BCUT2D eigenvalue weighted by Gasteiger charge is 2.71. The Morgan fingerprint density at radius 2 is 1.44 bits per heavy atom. The van der Waals surface area contributed by atoms with Crippen molar-refractivity contribution in [2.45, 2.75) is 59.7 Å². The number of halogens is 7. The molecule has 2 N–H and O–H groups in total. The normalized spacial score (nSPS) is 24.5. The predicted molar refractivity (Wildman–Crippen MR) is 131 cm³/mol. The summed E-state index contributed by atoms with van der Waals surface area (Å²) in [5, 5.41) is 19.1. The molecule has 0 spiro atoms. The predicted octanol–water partition coefficient (Wildman–Crippen LogP) is 4.84. The van der Waals surface area contributed by atoms with Crippen LogP contribution in [0.15, 0.2) is 53.4 Å². The van der Waals surface area contributed by atoms with Crippen LogP contribution in [0.2, 0.25) is 0 Å². The molecule has 4 rings (SSSR count). The van der Waals surface area contributed by atoms with Gasteiger partial charge in [0, 0.05) is 31.2 Å². The molecule has 14 heteroatoms. The zero-order valence-electron chi connectivity index (χ0n) is 21.6. The first-order valence-electron chi connectivity index (χ1n) is 12.8. The van der Waals surface area contributed by atoms with E-state index in [1.54, 1.807) is 0 Å². The Kier molecular flexibility index (Phi) is 8.26. The van der Waals surface area contributed by atoms with Crippen LogP contribution in [0.25, 0.3) is 0 Å². The minimum Gasteiger partial charge on any atom is -0.396 e. The highest BCUT2D eigenvalue weighted by atomic mass is 32.2. The number of amides is 1. The molecule has 1 unspecified atom stereocenters. The fourth-order valence-electron chi connectivity index (χ4n) is 5.77. The average Bonchev–Trinajstić information content (AvgIpc) is 3.39. The van der Waals surface area contributed by atoms with Gasteiger partial charge in [0.15, 0.2) is 9.84 Å². The molecule has 1 amide bonds. The number of aliphatic hydroxyl groups excluding tert-OH is 1.